The van der Waals surface area contributed by atoms with Gasteiger partial charge in [0.05, 0.1) is 24.7 Å². The van der Waals surface area contributed by atoms with E-state index in [0.29, 0.717) is 0 Å². The van der Waals surface area contributed by atoms with Crippen molar-refractivity contribution in [3.8, 4) is 0 Å². The van der Waals surface area contributed by atoms with Crippen molar-refractivity contribution in [3.63, 3.8) is 0 Å². The predicted octanol–water partition coefficient (Wildman–Crippen LogP) is -0.0958. The standard InChI is InChI=1S/C23H26O11/c1-10-14-16(32-21(28)22(4)11(2)33-22)15(25)13(20(27)29-5)7-6-8-23(9-30-12(3)24)18(34-23)17(14)31-19(10)26/h6-8,11,14-18,25H,1,9H2,2-5H3/b8-6-,13-7+/t11-,14-,15-,16+,17+,18+,22-,23+/m1/s1. The normalized spacial score (nSPS) is 42.7. The number of rotatable bonds is 5. The Bertz CT molecular complexity index is 1010. The minimum absolute atomic E-state index is 0.0672. The van der Waals surface area contributed by atoms with Crippen LogP contribution in [-0.4, -0.2) is 84.4 Å². The number of esters is 4. The monoisotopic (exact) mass is 478 g/mol. The molecule has 11 heteroatoms. The molecule has 1 aliphatic carbocycles. The van der Waals surface area contributed by atoms with Crippen LogP contribution in [0.15, 0.2) is 36.0 Å². The molecule has 0 aromatic carbocycles. The molecule has 3 saturated heterocycles. The molecule has 1 N–H and O–H groups in total. The lowest BCUT2D eigenvalue weighted by molar-refractivity contribution is -0.166. The zero-order valence-electron chi connectivity index (χ0n) is 19.1. The third kappa shape index (κ3) is 3.93. The van der Waals surface area contributed by atoms with Gasteiger partial charge in [-0.2, -0.15) is 0 Å². The lowest BCUT2D eigenvalue weighted by Crippen LogP contribution is -2.48. The molecule has 184 valence electrons. The summed E-state index contributed by atoms with van der Waals surface area (Å²) >= 11 is 0. The second-order valence-corrected chi connectivity index (χ2v) is 8.85. The van der Waals surface area contributed by atoms with Crippen LogP contribution in [0, 0.1) is 5.92 Å². The zero-order chi connectivity index (χ0) is 25.0. The van der Waals surface area contributed by atoms with Crippen LogP contribution in [0.2, 0.25) is 0 Å². The van der Waals surface area contributed by atoms with Crippen molar-refractivity contribution in [1.82, 2.24) is 0 Å². The van der Waals surface area contributed by atoms with E-state index in [1.54, 1.807) is 6.92 Å². The second kappa shape index (κ2) is 8.33. The molecule has 0 bridgehead atoms. The summed E-state index contributed by atoms with van der Waals surface area (Å²) in [6, 6.07) is 0. The Kier molecular flexibility index (Phi) is 5.91. The molecule has 4 rings (SSSR count). The number of hydrogen-bond acceptors (Lipinski definition) is 11. The Balaban J connectivity index is 1.77. The Morgan fingerprint density at radius 3 is 2.53 bits per heavy atom. The highest BCUT2D eigenvalue weighted by molar-refractivity contribution is 5.93. The largest absolute Gasteiger partial charge is 0.466 e. The first-order valence-corrected chi connectivity index (χ1v) is 10.7. The Hall–Kier alpha value is -3.02. The van der Waals surface area contributed by atoms with E-state index in [2.05, 4.69) is 6.58 Å². The number of aliphatic hydroxyl groups is 1. The van der Waals surface area contributed by atoms with Gasteiger partial charge in [0.15, 0.2) is 11.2 Å². The van der Waals surface area contributed by atoms with Crippen LogP contribution >= 0.6 is 0 Å². The Morgan fingerprint density at radius 1 is 1.26 bits per heavy atom. The van der Waals surface area contributed by atoms with Gasteiger partial charge in [0, 0.05) is 12.5 Å². The third-order valence-electron chi connectivity index (χ3n) is 6.68. The Morgan fingerprint density at radius 2 is 1.94 bits per heavy atom. The first-order chi connectivity index (χ1) is 15.9. The molecule has 3 aliphatic heterocycles. The van der Waals surface area contributed by atoms with Gasteiger partial charge in [-0.15, -0.1) is 0 Å². The molecule has 0 saturated carbocycles. The number of carbonyl (C=O) groups excluding carboxylic acids is 4. The van der Waals surface area contributed by atoms with Crippen LogP contribution in [0.4, 0.5) is 0 Å². The summed E-state index contributed by atoms with van der Waals surface area (Å²) in [5, 5.41) is 11.2. The lowest BCUT2D eigenvalue weighted by Gasteiger charge is -2.31. The topological polar surface area (TPSA) is 150 Å². The number of methoxy groups -OCH3 is 1. The van der Waals surface area contributed by atoms with Crippen molar-refractivity contribution < 1.29 is 52.7 Å². The fraction of sp³-hybridized carbons (Fsp3) is 0.565. The maximum atomic E-state index is 12.9. The molecular weight excluding hydrogens is 452 g/mol. The quantitative estimate of drug-likeness (QED) is 0.244. The van der Waals surface area contributed by atoms with Crippen molar-refractivity contribution in [2.24, 2.45) is 5.92 Å². The number of allylic oxidation sites excluding steroid dienone is 2. The van der Waals surface area contributed by atoms with E-state index in [9.17, 15) is 24.3 Å². The molecule has 0 aromatic heterocycles. The van der Waals surface area contributed by atoms with Crippen molar-refractivity contribution in [2.45, 2.75) is 62.5 Å². The van der Waals surface area contributed by atoms with E-state index in [4.69, 9.17) is 28.4 Å². The number of hydrogen-bond donors (Lipinski definition) is 1. The molecule has 0 unspecified atom stereocenters. The number of ether oxygens (including phenoxy) is 6. The fourth-order valence-corrected chi connectivity index (χ4v) is 4.32. The summed E-state index contributed by atoms with van der Waals surface area (Å²) < 4.78 is 32.2. The van der Waals surface area contributed by atoms with Crippen LogP contribution in [0.5, 0.6) is 0 Å². The molecule has 8 atom stereocenters. The summed E-state index contributed by atoms with van der Waals surface area (Å²) in [5.74, 6) is -4.05. The number of aliphatic hydroxyl groups excluding tert-OH is 1. The van der Waals surface area contributed by atoms with E-state index in [-0.39, 0.29) is 17.8 Å². The van der Waals surface area contributed by atoms with Crippen LogP contribution in [0.1, 0.15) is 20.8 Å². The number of carbonyl (C=O) groups is 4. The molecule has 3 fully saturated rings. The molecule has 4 aliphatic rings. The highest BCUT2D eigenvalue weighted by atomic mass is 16.7. The highest BCUT2D eigenvalue weighted by Gasteiger charge is 2.67. The molecule has 3 heterocycles. The van der Waals surface area contributed by atoms with Gasteiger partial charge in [-0.3, -0.25) is 4.79 Å². The SMILES string of the molecule is C=C1C(=O)O[C@H]2[C@H]1[C@H](OC(=O)[C@]1(C)O[C@@H]1C)[C@H](O)/C(C(=O)OC)=C\C=C/[C@@]1(COC(C)=O)O[C@@H]21. The third-order valence-corrected chi connectivity index (χ3v) is 6.68. The van der Waals surface area contributed by atoms with Gasteiger partial charge in [0.1, 0.15) is 31.0 Å². The average molecular weight is 478 g/mol. The van der Waals surface area contributed by atoms with Crippen molar-refractivity contribution in [2.75, 3.05) is 13.7 Å². The van der Waals surface area contributed by atoms with Crippen molar-refractivity contribution in [3.05, 3.63) is 36.0 Å². The van der Waals surface area contributed by atoms with Gasteiger partial charge in [0.2, 0.25) is 0 Å². The first kappa shape index (κ1) is 24.1. The van der Waals surface area contributed by atoms with Gasteiger partial charge in [-0.05, 0) is 26.0 Å². The average Bonchev–Trinajstić information content (AvgIpc) is 3.64. The first-order valence-electron chi connectivity index (χ1n) is 10.7. The summed E-state index contributed by atoms with van der Waals surface area (Å²) in [7, 11) is 1.13. The highest BCUT2D eigenvalue weighted by Crippen LogP contribution is 2.50. The lowest BCUT2D eigenvalue weighted by atomic mass is 9.81. The molecule has 0 radical (unpaired) electrons. The van der Waals surface area contributed by atoms with E-state index < -0.39 is 71.5 Å². The van der Waals surface area contributed by atoms with E-state index in [1.807, 2.05) is 0 Å². The van der Waals surface area contributed by atoms with Crippen LogP contribution in [0.25, 0.3) is 0 Å². The van der Waals surface area contributed by atoms with Crippen LogP contribution < -0.4 is 0 Å². The minimum atomic E-state index is -1.70. The van der Waals surface area contributed by atoms with Gasteiger partial charge >= 0.3 is 23.9 Å². The van der Waals surface area contributed by atoms with E-state index >= 15 is 0 Å². The van der Waals surface area contributed by atoms with Crippen LogP contribution in [-0.2, 0) is 47.6 Å². The van der Waals surface area contributed by atoms with E-state index in [1.165, 1.54) is 32.1 Å². The van der Waals surface area contributed by atoms with Gasteiger partial charge in [-0.1, -0.05) is 12.7 Å². The second-order valence-electron chi connectivity index (χ2n) is 8.85. The summed E-state index contributed by atoms with van der Waals surface area (Å²) in [6.07, 6.45) is -1.16. The fourth-order valence-electron chi connectivity index (χ4n) is 4.32. The summed E-state index contributed by atoms with van der Waals surface area (Å²) in [5.41, 5.74) is -2.70. The molecule has 0 spiro atoms. The van der Waals surface area contributed by atoms with Gasteiger partial charge in [-0.25, -0.2) is 14.4 Å². The summed E-state index contributed by atoms with van der Waals surface area (Å²) in [6.45, 7) is 8.03. The van der Waals surface area contributed by atoms with E-state index in [0.717, 1.165) is 7.11 Å². The van der Waals surface area contributed by atoms with Gasteiger partial charge in [0.25, 0.3) is 0 Å². The summed E-state index contributed by atoms with van der Waals surface area (Å²) in [4.78, 5) is 49.3. The molecule has 11 nitrogen and oxygen atoms in total. The van der Waals surface area contributed by atoms with Gasteiger partial charge < -0.3 is 33.5 Å². The van der Waals surface area contributed by atoms with Crippen molar-refractivity contribution >= 4 is 23.9 Å². The number of fused-ring (bicyclic) bond motifs is 3. The Labute approximate surface area is 195 Å². The van der Waals surface area contributed by atoms with Crippen molar-refractivity contribution in [1.29, 1.82) is 0 Å². The molecule has 0 aromatic rings. The smallest absolute Gasteiger partial charge is 0.341 e. The molecule has 0 amide bonds. The maximum absolute atomic E-state index is 12.9. The van der Waals surface area contributed by atoms with Crippen LogP contribution in [0.3, 0.4) is 0 Å². The predicted molar refractivity (Wildman–Crippen MR) is 111 cm³/mol. The molecule has 34 heavy (non-hydrogen) atoms. The maximum Gasteiger partial charge on any atom is 0.341 e. The molecular formula is C23H26O11. The zero-order valence-corrected chi connectivity index (χ0v) is 19.1. The number of epoxide rings is 2. The minimum Gasteiger partial charge on any atom is -0.466 e.